The maximum atomic E-state index is 15.0. The van der Waals surface area contributed by atoms with Gasteiger partial charge in [-0.2, -0.15) is 5.10 Å². The fraction of sp³-hybridized carbons (Fsp3) is 0.381. The Labute approximate surface area is 182 Å². The van der Waals surface area contributed by atoms with E-state index in [4.69, 9.17) is 16.3 Å². The summed E-state index contributed by atoms with van der Waals surface area (Å²) in [4.78, 5) is 17.4. The molecule has 1 aliphatic rings. The number of aromatic nitrogens is 4. The Hall–Kier alpha value is -2.94. The van der Waals surface area contributed by atoms with E-state index in [2.05, 4.69) is 20.5 Å². The average molecular weight is 450 g/mol. The second-order valence-electron chi connectivity index (χ2n) is 8.14. The molecule has 0 radical (unpaired) electrons. The molecule has 1 aliphatic heterocycles. The highest BCUT2D eigenvalue weighted by Crippen LogP contribution is 2.33. The minimum atomic E-state index is -1.65. The van der Waals surface area contributed by atoms with Gasteiger partial charge in [-0.25, -0.2) is 13.8 Å². The Bertz CT molecular complexity index is 1110. The van der Waals surface area contributed by atoms with E-state index >= 15 is 4.39 Å². The molecule has 0 saturated carbocycles. The molecule has 31 heavy (non-hydrogen) atoms. The Morgan fingerprint density at radius 1 is 1.42 bits per heavy atom. The van der Waals surface area contributed by atoms with Gasteiger partial charge in [-0.15, -0.1) is 0 Å². The van der Waals surface area contributed by atoms with Gasteiger partial charge < -0.3 is 14.6 Å². The lowest BCUT2D eigenvalue weighted by molar-refractivity contribution is 0.0999. The van der Waals surface area contributed by atoms with Gasteiger partial charge in [0.25, 0.3) is 5.91 Å². The standard InChI is InChI=1S/C21H22ClF2N5O2/c1-11-18(19(22)28-27-11)26-20(30)13-7-14(23)12(8-16(13)31-10-21(2,3)24)15-9-29-6-4-5-17(29)25-15/h7-9H,4-6,10H2,1-3H3,(H,26,30)(H,27,28). The number of nitrogens with zero attached hydrogens (tertiary/aromatic N) is 3. The Kier molecular flexibility index (Phi) is 5.47. The van der Waals surface area contributed by atoms with Crippen LogP contribution in [0.5, 0.6) is 5.75 Å². The molecule has 3 heterocycles. The van der Waals surface area contributed by atoms with Crippen LogP contribution in [0.4, 0.5) is 14.5 Å². The van der Waals surface area contributed by atoms with Crippen molar-refractivity contribution < 1.29 is 18.3 Å². The number of nitrogens with one attached hydrogen (secondary N) is 2. The molecule has 0 bridgehead atoms. The zero-order valence-electron chi connectivity index (χ0n) is 17.4. The third-order valence-electron chi connectivity index (χ3n) is 4.96. The van der Waals surface area contributed by atoms with Crippen LogP contribution in [-0.4, -0.2) is 37.9 Å². The number of aromatic amines is 1. The number of rotatable bonds is 6. The number of alkyl halides is 1. The maximum Gasteiger partial charge on any atom is 0.259 e. The van der Waals surface area contributed by atoms with Crippen molar-refractivity contribution >= 4 is 23.2 Å². The summed E-state index contributed by atoms with van der Waals surface area (Å²) in [6.07, 6.45) is 3.60. The molecule has 10 heteroatoms. The van der Waals surface area contributed by atoms with E-state index in [1.54, 1.807) is 13.1 Å². The second kappa shape index (κ2) is 7.96. The summed E-state index contributed by atoms with van der Waals surface area (Å²) in [5.41, 5.74) is -0.301. The Morgan fingerprint density at radius 3 is 2.84 bits per heavy atom. The van der Waals surface area contributed by atoms with E-state index in [-0.39, 0.29) is 34.3 Å². The Morgan fingerprint density at radius 2 is 2.19 bits per heavy atom. The highest BCUT2D eigenvalue weighted by Gasteiger charge is 2.25. The van der Waals surface area contributed by atoms with Gasteiger partial charge >= 0.3 is 0 Å². The topological polar surface area (TPSA) is 84.8 Å². The van der Waals surface area contributed by atoms with E-state index in [1.165, 1.54) is 19.9 Å². The number of fused-ring (bicyclic) bond motifs is 1. The molecule has 4 rings (SSSR count). The predicted molar refractivity (Wildman–Crippen MR) is 113 cm³/mol. The van der Waals surface area contributed by atoms with Crippen LogP contribution in [-0.2, 0) is 13.0 Å². The maximum absolute atomic E-state index is 15.0. The fourth-order valence-electron chi connectivity index (χ4n) is 3.41. The second-order valence-corrected chi connectivity index (χ2v) is 8.50. The summed E-state index contributed by atoms with van der Waals surface area (Å²) in [6, 6.07) is 2.46. The quantitative estimate of drug-likeness (QED) is 0.571. The molecule has 3 aromatic rings. The van der Waals surface area contributed by atoms with Crippen LogP contribution in [0.1, 0.15) is 42.1 Å². The minimum absolute atomic E-state index is 0.0463. The van der Waals surface area contributed by atoms with Crippen LogP contribution in [0, 0.1) is 12.7 Å². The number of anilines is 1. The van der Waals surface area contributed by atoms with Crippen LogP contribution in [0.15, 0.2) is 18.3 Å². The number of ether oxygens (including phenoxy) is 1. The van der Waals surface area contributed by atoms with Crippen molar-refractivity contribution in [2.45, 2.75) is 45.8 Å². The van der Waals surface area contributed by atoms with E-state index in [0.29, 0.717) is 11.4 Å². The largest absolute Gasteiger partial charge is 0.489 e. The number of halogens is 3. The number of H-pyrrole nitrogens is 1. The molecule has 164 valence electrons. The number of benzene rings is 1. The monoisotopic (exact) mass is 449 g/mol. The molecular weight excluding hydrogens is 428 g/mol. The molecular formula is C21H22ClF2N5O2. The molecule has 0 aliphatic carbocycles. The lowest BCUT2D eigenvalue weighted by Gasteiger charge is -2.18. The average Bonchev–Trinajstić information content (AvgIpc) is 3.37. The van der Waals surface area contributed by atoms with Crippen LogP contribution in [0.25, 0.3) is 11.3 Å². The lowest BCUT2D eigenvalue weighted by Crippen LogP contribution is -2.24. The predicted octanol–water partition coefficient (Wildman–Crippen LogP) is 4.70. The van der Waals surface area contributed by atoms with Gasteiger partial charge in [0, 0.05) is 24.7 Å². The third kappa shape index (κ3) is 4.41. The third-order valence-corrected chi connectivity index (χ3v) is 5.23. The van der Waals surface area contributed by atoms with Crippen molar-refractivity contribution in [3.8, 4) is 17.0 Å². The first-order valence-electron chi connectivity index (χ1n) is 9.86. The minimum Gasteiger partial charge on any atom is -0.489 e. The highest BCUT2D eigenvalue weighted by atomic mass is 35.5. The van der Waals surface area contributed by atoms with E-state index in [0.717, 1.165) is 31.3 Å². The van der Waals surface area contributed by atoms with Crippen LogP contribution >= 0.6 is 11.6 Å². The molecule has 2 aromatic heterocycles. The van der Waals surface area contributed by atoms with Gasteiger partial charge in [-0.3, -0.25) is 9.89 Å². The number of carbonyl (C=O) groups excluding carboxylic acids is 1. The molecule has 0 atom stereocenters. The number of imidazole rings is 1. The fourth-order valence-corrected chi connectivity index (χ4v) is 3.64. The van der Waals surface area contributed by atoms with Crippen molar-refractivity contribution in [2.24, 2.45) is 0 Å². The smallest absolute Gasteiger partial charge is 0.259 e. The SMILES string of the molecule is Cc1[nH]nc(Cl)c1NC(=O)c1cc(F)c(-c2cn3c(n2)CCC3)cc1OCC(C)(C)F. The number of carbonyl (C=O) groups is 1. The first-order chi connectivity index (χ1) is 14.6. The van der Waals surface area contributed by atoms with Gasteiger partial charge in [0.05, 0.1) is 17.0 Å². The summed E-state index contributed by atoms with van der Waals surface area (Å²) >= 11 is 5.99. The molecule has 0 saturated heterocycles. The van der Waals surface area contributed by atoms with Crippen LogP contribution < -0.4 is 10.1 Å². The van der Waals surface area contributed by atoms with Gasteiger partial charge in [0.15, 0.2) is 5.15 Å². The van der Waals surface area contributed by atoms with E-state index in [9.17, 15) is 9.18 Å². The van der Waals surface area contributed by atoms with Crippen molar-refractivity contribution in [1.29, 1.82) is 0 Å². The van der Waals surface area contributed by atoms with E-state index in [1.807, 2.05) is 4.57 Å². The number of amides is 1. The van der Waals surface area contributed by atoms with Crippen molar-refractivity contribution in [3.05, 3.63) is 46.4 Å². The summed E-state index contributed by atoms with van der Waals surface area (Å²) in [5, 5.41) is 9.14. The van der Waals surface area contributed by atoms with Gasteiger partial charge in [0.2, 0.25) is 0 Å². The first-order valence-corrected chi connectivity index (χ1v) is 10.2. The molecule has 0 unspecified atom stereocenters. The molecule has 0 spiro atoms. The van der Waals surface area contributed by atoms with Crippen molar-refractivity contribution in [2.75, 3.05) is 11.9 Å². The molecule has 1 aromatic carbocycles. The van der Waals surface area contributed by atoms with Crippen molar-refractivity contribution in [1.82, 2.24) is 19.7 Å². The van der Waals surface area contributed by atoms with E-state index < -0.39 is 17.4 Å². The summed E-state index contributed by atoms with van der Waals surface area (Å²) in [6.45, 7) is 4.90. The number of aryl methyl sites for hydroxylation is 3. The molecule has 2 N–H and O–H groups in total. The summed E-state index contributed by atoms with van der Waals surface area (Å²) in [5.74, 6) is -0.363. The van der Waals surface area contributed by atoms with Crippen LogP contribution in [0.3, 0.4) is 0 Å². The molecule has 1 amide bonds. The molecule has 7 nitrogen and oxygen atoms in total. The van der Waals surface area contributed by atoms with Crippen LogP contribution in [0.2, 0.25) is 5.15 Å². The van der Waals surface area contributed by atoms with Gasteiger partial charge in [0.1, 0.15) is 35.4 Å². The molecule has 0 fully saturated rings. The Balaban J connectivity index is 1.72. The summed E-state index contributed by atoms with van der Waals surface area (Å²) in [7, 11) is 0. The normalized spacial score (nSPS) is 13.4. The van der Waals surface area contributed by atoms with Gasteiger partial charge in [-0.1, -0.05) is 11.6 Å². The first kappa shape index (κ1) is 21.3. The zero-order valence-corrected chi connectivity index (χ0v) is 18.1. The van der Waals surface area contributed by atoms with Gasteiger partial charge in [-0.05, 0) is 39.3 Å². The number of hydrogen-bond donors (Lipinski definition) is 2. The summed E-state index contributed by atoms with van der Waals surface area (Å²) < 4.78 is 36.7. The van der Waals surface area contributed by atoms with Crippen molar-refractivity contribution in [3.63, 3.8) is 0 Å². The lowest BCUT2D eigenvalue weighted by atomic mass is 10.1. The zero-order chi connectivity index (χ0) is 22.3. The number of hydrogen-bond acceptors (Lipinski definition) is 4. The highest BCUT2D eigenvalue weighted by molar-refractivity contribution is 6.33.